The van der Waals surface area contributed by atoms with Crippen molar-refractivity contribution in [1.29, 1.82) is 0 Å². The van der Waals surface area contributed by atoms with Gasteiger partial charge in [0.1, 0.15) is 17.3 Å². The van der Waals surface area contributed by atoms with Crippen molar-refractivity contribution < 1.29 is 14.3 Å². The number of nitrogens with zero attached hydrogens (tertiary/aromatic N) is 3. The van der Waals surface area contributed by atoms with Crippen LogP contribution in [0, 0.1) is 0 Å². The molecule has 1 saturated carbocycles. The predicted octanol–water partition coefficient (Wildman–Crippen LogP) is 3.98. The highest BCUT2D eigenvalue weighted by Gasteiger charge is 2.25. The average molecular weight is 469 g/mol. The van der Waals surface area contributed by atoms with Crippen LogP contribution in [0.5, 0.6) is 11.5 Å². The lowest BCUT2D eigenvalue weighted by molar-refractivity contribution is 0.243. The van der Waals surface area contributed by atoms with Gasteiger partial charge < -0.3 is 30.3 Å². The smallest absolute Gasteiger partial charge is 0.319 e. The molecule has 9 nitrogen and oxygen atoms in total. The summed E-state index contributed by atoms with van der Waals surface area (Å²) in [6.07, 6.45) is 8.17. The van der Waals surface area contributed by atoms with Gasteiger partial charge in [-0.1, -0.05) is 0 Å². The summed E-state index contributed by atoms with van der Waals surface area (Å²) >= 11 is 0. The van der Waals surface area contributed by atoms with Gasteiger partial charge in [-0.25, -0.2) is 9.78 Å². The van der Waals surface area contributed by atoms with E-state index in [1.807, 2.05) is 14.1 Å². The van der Waals surface area contributed by atoms with Crippen molar-refractivity contribution in [2.45, 2.75) is 63.5 Å². The van der Waals surface area contributed by atoms with Gasteiger partial charge in [0.05, 0.1) is 25.6 Å². The van der Waals surface area contributed by atoms with E-state index >= 15 is 0 Å². The summed E-state index contributed by atoms with van der Waals surface area (Å²) in [5.74, 6) is 3.01. The summed E-state index contributed by atoms with van der Waals surface area (Å²) in [5, 5.41) is 9.54. The van der Waals surface area contributed by atoms with Crippen LogP contribution >= 0.6 is 0 Å². The number of anilines is 3. The zero-order chi connectivity index (χ0) is 24.1. The fourth-order valence-corrected chi connectivity index (χ4v) is 4.83. The van der Waals surface area contributed by atoms with E-state index in [2.05, 4.69) is 20.9 Å². The first-order valence-electron chi connectivity index (χ1n) is 12.1. The number of nitrogens with one attached hydrogen (secondary N) is 3. The molecule has 0 bridgehead atoms. The summed E-state index contributed by atoms with van der Waals surface area (Å²) in [7, 11) is 7.26. The highest BCUT2D eigenvalue weighted by Crippen LogP contribution is 2.30. The lowest BCUT2D eigenvalue weighted by Crippen LogP contribution is -2.42. The van der Waals surface area contributed by atoms with Crippen LogP contribution in [-0.2, 0) is 12.8 Å². The number of hydrogen-bond acceptors (Lipinski definition) is 7. The standard InChI is InChI=1S/C25H36N6O3/c1-31(2)23-19-7-5-6-8-20(19)28-24(30-23)26-16-9-11-17(12-10-16)27-25(32)29-21-15-18(33-3)13-14-22(21)34-4/h13-17H,5-12H2,1-4H3,(H,26,28,30)(H2,27,29,32)/t16-,17+. The molecule has 0 unspecified atom stereocenters. The number of urea groups is 1. The number of aryl methyl sites for hydroxylation is 1. The van der Waals surface area contributed by atoms with Crippen LogP contribution in [0.3, 0.4) is 0 Å². The Morgan fingerprint density at radius 2 is 1.74 bits per heavy atom. The normalized spacial score (nSPS) is 19.5. The molecule has 34 heavy (non-hydrogen) atoms. The van der Waals surface area contributed by atoms with Crippen LogP contribution in [-0.4, -0.2) is 56.4 Å². The highest BCUT2D eigenvalue weighted by atomic mass is 16.5. The third kappa shape index (κ3) is 5.63. The number of carbonyl (C=O) groups excluding carboxylic acids is 1. The molecule has 3 N–H and O–H groups in total. The Bertz CT molecular complexity index is 1000. The van der Waals surface area contributed by atoms with Crippen LogP contribution in [0.1, 0.15) is 49.8 Å². The molecule has 1 aromatic heterocycles. The molecule has 2 aromatic rings. The number of methoxy groups -OCH3 is 2. The molecular weight excluding hydrogens is 432 g/mol. The summed E-state index contributed by atoms with van der Waals surface area (Å²) in [4.78, 5) is 24.4. The van der Waals surface area contributed by atoms with Crippen molar-refractivity contribution in [3.63, 3.8) is 0 Å². The maximum Gasteiger partial charge on any atom is 0.319 e. The molecule has 1 fully saturated rings. The fraction of sp³-hybridized carbons (Fsp3) is 0.560. The van der Waals surface area contributed by atoms with Crippen LogP contribution in [0.25, 0.3) is 0 Å². The molecule has 0 radical (unpaired) electrons. The lowest BCUT2D eigenvalue weighted by Gasteiger charge is -2.30. The SMILES string of the molecule is COc1ccc(OC)c(NC(=O)N[C@H]2CC[C@@H](Nc3nc4c(c(N(C)C)n3)CCCC4)CC2)c1. The van der Waals surface area contributed by atoms with Gasteiger partial charge in [0.2, 0.25) is 5.95 Å². The van der Waals surface area contributed by atoms with E-state index in [-0.39, 0.29) is 12.1 Å². The number of hydrogen-bond donors (Lipinski definition) is 3. The Hall–Kier alpha value is -3.23. The van der Waals surface area contributed by atoms with E-state index in [9.17, 15) is 4.79 Å². The van der Waals surface area contributed by atoms with Gasteiger partial charge in [-0.15, -0.1) is 0 Å². The second-order valence-corrected chi connectivity index (χ2v) is 9.26. The van der Waals surface area contributed by atoms with Crippen molar-refractivity contribution >= 4 is 23.5 Å². The first-order valence-corrected chi connectivity index (χ1v) is 12.1. The number of ether oxygens (including phenoxy) is 2. The minimum absolute atomic E-state index is 0.122. The van der Waals surface area contributed by atoms with Crippen LogP contribution in [0.4, 0.5) is 22.2 Å². The van der Waals surface area contributed by atoms with E-state index in [4.69, 9.17) is 19.4 Å². The minimum Gasteiger partial charge on any atom is -0.497 e. The van der Waals surface area contributed by atoms with Crippen LogP contribution < -0.4 is 30.3 Å². The number of benzene rings is 1. The molecule has 2 aliphatic rings. The quantitative estimate of drug-likeness (QED) is 0.565. The van der Waals surface area contributed by atoms with E-state index < -0.39 is 0 Å². The largest absolute Gasteiger partial charge is 0.497 e. The Morgan fingerprint density at radius 1 is 1.00 bits per heavy atom. The molecule has 184 valence electrons. The first kappa shape index (κ1) is 23.9. The second-order valence-electron chi connectivity index (χ2n) is 9.26. The number of aromatic nitrogens is 2. The summed E-state index contributed by atoms with van der Waals surface area (Å²) in [6, 6.07) is 5.50. The van der Waals surface area contributed by atoms with Gasteiger partial charge in [-0.05, 0) is 63.5 Å². The number of fused-ring (bicyclic) bond motifs is 1. The monoisotopic (exact) mass is 468 g/mol. The Kier molecular flexibility index (Phi) is 7.59. The molecular formula is C25H36N6O3. The van der Waals surface area contributed by atoms with Crippen molar-refractivity contribution in [2.75, 3.05) is 43.8 Å². The number of carbonyl (C=O) groups is 1. The van der Waals surface area contributed by atoms with Crippen molar-refractivity contribution in [1.82, 2.24) is 15.3 Å². The summed E-state index contributed by atoms with van der Waals surface area (Å²) in [5.41, 5.74) is 3.07. The van der Waals surface area contributed by atoms with Crippen molar-refractivity contribution in [3.8, 4) is 11.5 Å². The van der Waals surface area contributed by atoms with E-state index in [0.717, 1.165) is 50.3 Å². The van der Waals surface area contributed by atoms with Gasteiger partial charge >= 0.3 is 6.03 Å². The van der Waals surface area contributed by atoms with Gasteiger partial charge in [0, 0.05) is 37.8 Å². The summed E-state index contributed by atoms with van der Waals surface area (Å²) < 4.78 is 10.6. The number of rotatable bonds is 7. The van der Waals surface area contributed by atoms with Gasteiger partial charge in [0.25, 0.3) is 0 Å². The molecule has 0 atom stereocenters. The van der Waals surface area contributed by atoms with E-state index in [0.29, 0.717) is 23.2 Å². The van der Waals surface area contributed by atoms with Gasteiger partial charge in [-0.2, -0.15) is 4.98 Å². The Morgan fingerprint density at radius 3 is 2.44 bits per heavy atom. The van der Waals surface area contributed by atoms with Crippen LogP contribution in [0.2, 0.25) is 0 Å². The Labute approximate surface area is 201 Å². The molecule has 0 saturated heterocycles. The third-order valence-electron chi connectivity index (χ3n) is 6.64. The molecule has 0 spiro atoms. The molecule has 9 heteroatoms. The molecule has 2 aliphatic carbocycles. The van der Waals surface area contributed by atoms with Crippen molar-refractivity contribution in [3.05, 3.63) is 29.5 Å². The van der Waals surface area contributed by atoms with Crippen LogP contribution in [0.15, 0.2) is 18.2 Å². The average Bonchev–Trinajstić information content (AvgIpc) is 2.84. The Balaban J connectivity index is 1.31. The maximum atomic E-state index is 12.6. The van der Waals surface area contributed by atoms with E-state index in [1.54, 1.807) is 32.4 Å². The first-order chi connectivity index (χ1) is 16.5. The fourth-order valence-electron chi connectivity index (χ4n) is 4.83. The zero-order valence-electron chi connectivity index (χ0n) is 20.6. The molecule has 0 aliphatic heterocycles. The topological polar surface area (TPSA) is 101 Å². The number of amides is 2. The minimum atomic E-state index is -0.239. The van der Waals surface area contributed by atoms with Gasteiger partial charge in [-0.3, -0.25) is 0 Å². The molecule has 1 heterocycles. The molecule has 2 amide bonds. The molecule has 1 aromatic carbocycles. The van der Waals surface area contributed by atoms with Crippen molar-refractivity contribution in [2.24, 2.45) is 0 Å². The van der Waals surface area contributed by atoms with E-state index in [1.165, 1.54) is 24.1 Å². The molecule has 4 rings (SSSR count). The lowest BCUT2D eigenvalue weighted by atomic mass is 9.91. The zero-order valence-corrected chi connectivity index (χ0v) is 20.6. The maximum absolute atomic E-state index is 12.6. The third-order valence-corrected chi connectivity index (χ3v) is 6.64. The summed E-state index contributed by atoms with van der Waals surface area (Å²) in [6.45, 7) is 0. The second kappa shape index (κ2) is 10.8. The van der Waals surface area contributed by atoms with Gasteiger partial charge in [0.15, 0.2) is 0 Å². The highest BCUT2D eigenvalue weighted by molar-refractivity contribution is 5.91. The predicted molar refractivity (Wildman–Crippen MR) is 134 cm³/mol.